The SMILES string of the molecule is Cc1oc(C)c(-c2nc3c(F)cc(F)cc3[nH]2)c1C. The average Bonchev–Trinajstić information content (AvgIpc) is 2.81. The van der Waals surface area contributed by atoms with E-state index in [-0.39, 0.29) is 5.52 Å². The van der Waals surface area contributed by atoms with Gasteiger partial charge in [-0.2, -0.15) is 0 Å². The maximum atomic E-state index is 13.6. The van der Waals surface area contributed by atoms with E-state index in [0.29, 0.717) is 17.1 Å². The zero-order valence-corrected chi connectivity index (χ0v) is 10.8. The smallest absolute Gasteiger partial charge is 0.153 e. The molecule has 98 valence electrons. The highest BCUT2D eigenvalue weighted by Gasteiger charge is 2.18. The summed E-state index contributed by atoms with van der Waals surface area (Å²) in [6.45, 7) is 5.58. The van der Waals surface area contributed by atoms with Crippen molar-refractivity contribution in [2.45, 2.75) is 20.8 Å². The second-order valence-electron chi connectivity index (χ2n) is 4.58. The van der Waals surface area contributed by atoms with Gasteiger partial charge in [-0.3, -0.25) is 0 Å². The first-order chi connectivity index (χ1) is 8.97. The maximum absolute atomic E-state index is 13.6. The molecule has 0 saturated carbocycles. The summed E-state index contributed by atoms with van der Waals surface area (Å²) in [6.07, 6.45) is 0. The van der Waals surface area contributed by atoms with Crippen LogP contribution in [0.25, 0.3) is 22.4 Å². The van der Waals surface area contributed by atoms with E-state index in [4.69, 9.17) is 4.42 Å². The highest BCUT2D eigenvalue weighted by Crippen LogP contribution is 2.31. The summed E-state index contributed by atoms with van der Waals surface area (Å²) < 4.78 is 32.3. The number of H-pyrrole nitrogens is 1. The topological polar surface area (TPSA) is 41.8 Å². The van der Waals surface area contributed by atoms with Crippen LogP contribution in [0.2, 0.25) is 0 Å². The van der Waals surface area contributed by atoms with Crippen molar-refractivity contribution in [3.05, 3.63) is 40.9 Å². The van der Waals surface area contributed by atoms with Gasteiger partial charge in [-0.05, 0) is 26.8 Å². The number of aromatic amines is 1. The second-order valence-corrected chi connectivity index (χ2v) is 4.58. The number of benzene rings is 1. The normalized spacial score (nSPS) is 11.4. The highest BCUT2D eigenvalue weighted by atomic mass is 19.1. The van der Waals surface area contributed by atoms with Gasteiger partial charge >= 0.3 is 0 Å². The number of imidazole rings is 1. The predicted molar refractivity (Wildman–Crippen MR) is 67.9 cm³/mol. The summed E-state index contributed by atoms with van der Waals surface area (Å²) >= 11 is 0. The summed E-state index contributed by atoms with van der Waals surface area (Å²) in [5.74, 6) is 0.686. The number of nitrogens with one attached hydrogen (secondary N) is 1. The summed E-state index contributed by atoms with van der Waals surface area (Å²) in [5.41, 5.74) is 2.21. The Morgan fingerprint density at radius 3 is 2.47 bits per heavy atom. The monoisotopic (exact) mass is 262 g/mol. The zero-order chi connectivity index (χ0) is 13.7. The van der Waals surface area contributed by atoms with Crippen molar-refractivity contribution < 1.29 is 13.2 Å². The molecule has 0 aliphatic carbocycles. The van der Waals surface area contributed by atoms with Crippen molar-refractivity contribution in [1.82, 2.24) is 9.97 Å². The molecule has 0 unspecified atom stereocenters. The Morgan fingerprint density at radius 1 is 1.11 bits per heavy atom. The van der Waals surface area contributed by atoms with Gasteiger partial charge in [0.2, 0.25) is 0 Å². The molecule has 0 saturated heterocycles. The Kier molecular flexibility index (Phi) is 2.45. The Bertz CT molecular complexity index is 786. The summed E-state index contributed by atoms with van der Waals surface area (Å²) in [6, 6.07) is 2.06. The molecule has 0 spiro atoms. The van der Waals surface area contributed by atoms with E-state index in [1.165, 1.54) is 6.07 Å². The Hall–Kier alpha value is -2.17. The molecule has 3 nitrogen and oxygen atoms in total. The number of hydrogen-bond donors (Lipinski definition) is 1. The number of furan rings is 1. The van der Waals surface area contributed by atoms with Gasteiger partial charge < -0.3 is 9.40 Å². The minimum atomic E-state index is -0.673. The van der Waals surface area contributed by atoms with E-state index in [1.54, 1.807) is 0 Å². The van der Waals surface area contributed by atoms with Crippen LogP contribution in [0.3, 0.4) is 0 Å². The number of fused-ring (bicyclic) bond motifs is 1. The van der Waals surface area contributed by atoms with E-state index >= 15 is 0 Å². The first kappa shape index (κ1) is 11.9. The van der Waals surface area contributed by atoms with E-state index in [0.717, 1.165) is 23.0 Å². The van der Waals surface area contributed by atoms with E-state index in [9.17, 15) is 8.78 Å². The van der Waals surface area contributed by atoms with Crippen LogP contribution in [0.5, 0.6) is 0 Å². The van der Waals surface area contributed by atoms with Gasteiger partial charge in [0.1, 0.15) is 28.7 Å². The molecule has 0 atom stereocenters. The van der Waals surface area contributed by atoms with Crippen molar-refractivity contribution in [3.63, 3.8) is 0 Å². The molecular formula is C14H12F2N2O. The Morgan fingerprint density at radius 2 is 1.84 bits per heavy atom. The lowest BCUT2D eigenvalue weighted by atomic mass is 10.1. The maximum Gasteiger partial charge on any atom is 0.153 e. The lowest BCUT2D eigenvalue weighted by molar-refractivity contribution is 0.503. The zero-order valence-electron chi connectivity index (χ0n) is 10.8. The lowest BCUT2D eigenvalue weighted by Gasteiger charge is -1.94. The molecule has 1 aromatic carbocycles. The van der Waals surface area contributed by atoms with E-state index in [1.807, 2.05) is 20.8 Å². The first-order valence-electron chi connectivity index (χ1n) is 5.89. The molecule has 0 bridgehead atoms. The van der Waals surface area contributed by atoms with Crippen LogP contribution >= 0.6 is 0 Å². The molecule has 0 fully saturated rings. The van der Waals surface area contributed by atoms with Crippen molar-refractivity contribution in [3.8, 4) is 11.4 Å². The fourth-order valence-electron chi connectivity index (χ4n) is 2.30. The van der Waals surface area contributed by atoms with Crippen LogP contribution in [0.15, 0.2) is 16.5 Å². The molecule has 0 aliphatic rings. The number of aromatic nitrogens is 2. The molecule has 3 rings (SSSR count). The van der Waals surface area contributed by atoms with Gasteiger partial charge in [0.05, 0.1) is 11.1 Å². The average molecular weight is 262 g/mol. The molecule has 0 amide bonds. The number of halogens is 2. The molecule has 1 N–H and O–H groups in total. The van der Waals surface area contributed by atoms with Gasteiger partial charge in [0, 0.05) is 11.6 Å². The van der Waals surface area contributed by atoms with E-state index in [2.05, 4.69) is 9.97 Å². The largest absolute Gasteiger partial charge is 0.466 e. The van der Waals surface area contributed by atoms with Crippen LogP contribution in [0.4, 0.5) is 8.78 Å². The van der Waals surface area contributed by atoms with Crippen molar-refractivity contribution >= 4 is 11.0 Å². The minimum Gasteiger partial charge on any atom is -0.466 e. The fourth-order valence-corrected chi connectivity index (χ4v) is 2.30. The summed E-state index contributed by atoms with van der Waals surface area (Å²) in [4.78, 5) is 7.14. The highest BCUT2D eigenvalue weighted by molar-refractivity contribution is 5.81. The number of hydrogen-bond acceptors (Lipinski definition) is 2. The van der Waals surface area contributed by atoms with Gasteiger partial charge in [-0.1, -0.05) is 0 Å². The molecular weight excluding hydrogens is 250 g/mol. The van der Waals surface area contributed by atoms with Gasteiger partial charge in [-0.25, -0.2) is 13.8 Å². The second kappa shape index (κ2) is 3.91. The summed E-state index contributed by atoms with van der Waals surface area (Å²) in [5, 5.41) is 0. The Labute approximate surface area is 108 Å². The Balaban J connectivity index is 2.29. The molecule has 2 heterocycles. The third-order valence-corrected chi connectivity index (χ3v) is 3.30. The summed E-state index contributed by atoms with van der Waals surface area (Å²) in [7, 11) is 0. The van der Waals surface area contributed by atoms with Crippen molar-refractivity contribution in [2.75, 3.05) is 0 Å². The molecule has 19 heavy (non-hydrogen) atoms. The molecule has 3 aromatic rings. The quantitative estimate of drug-likeness (QED) is 0.719. The third kappa shape index (κ3) is 1.73. The number of nitrogens with zero attached hydrogens (tertiary/aromatic N) is 1. The number of rotatable bonds is 1. The minimum absolute atomic E-state index is 0.133. The van der Waals surface area contributed by atoms with Crippen molar-refractivity contribution in [1.29, 1.82) is 0 Å². The standard InChI is InChI=1S/C14H12F2N2O/c1-6-7(2)19-8(3)12(6)14-17-11-5-9(15)4-10(16)13(11)18-14/h4-5H,1-3H3,(H,17,18). The molecule has 0 radical (unpaired) electrons. The van der Waals surface area contributed by atoms with Crippen molar-refractivity contribution in [2.24, 2.45) is 0 Å². The van der Waals surface area contributed by atoms with Gasteiger partial charge in [0.25, 0.3) is 0 Å². The van der Waals surface area contributed by atoms with Crippen LogP contribution in [-0.2, 0) is 0 Å². The molecule has 0 aliphatic heterocycles. The van der Waals surface area contributed by atoms with Crippen LogP contribution in [-0.4, -0.2) is 9.97 Å². The molecule has 2 aromatic heterocycles. The van der Waals surface area contributed by atoms with E-state index < -0.39 is 11.6 Å². The van der Waals surface area contributed by atoms with Crippen LogP contribution in [0.1, 0.15) is 17.1 Å². The van der Waals surface area contributed by atoms with Gasteiger partial charge in [0.15, 0.2) is 5.82 Å². The molecule has 5 heteroatoms. The predicted octanol–water partition coefficient (Wildman–Crippen LogP) is 4.03. The van der Waals surface area contributed by atoms with Crippen LogP contribution < -0.4 is 0 Å². The third-order valence-electron chi connectivity index (χ3n) is 3.30. The van der Waals surface area contributed by atoms with Crippen LogP contribution in [0, 0.1) is 32.4 Å². The fraction of sp³-hybridized carbons (Fsp3) is 0.214. The lowest BCUT2D eigenvalue weighted by Crippen LogP contribution is -1.84. The van der Waals surface area contributed by atoms with Gasteiger partial charge in [-0.15, -0.1) is 0 Å². The number of aryl methyl sites for hydroxylation is 2. The first-order valence-corrected chi connectivity index (χ1v) is 5.89.